The highest BCUT2D eigenvalue weighted by molar-refractivity contribution is 14.1. The van der Waals surface area contributed by atoms with Crippen LogP contribution in [0.15, 0.2) is 60.2 Å². The number of aliphatic hydroxyl groups is 1. The van der Waals surface area contributed by atoms with Gasteiger partial charge in [-0.3, -0.25) is 4.79 Å². The first-order chi connectivity index (χ1) is 16.0. The fraction of sp³-hybridized carbons (Fsp3) is 0.360. The lowest BCUT2D eigenvalue weighted by Gasteiger charge is -2.30. The van der Waals surface area contributed by atoms with Crippen molar-refractivity contribution in [1.82, 2.24) is 5.32 Å². The third-order valence-electron chi connectivity index (χ3n) is 6.26. The second-order valence-corrected chi connectivity index (χ2v) is 9.66. The van der Waals surface area contributed by atoms with Crippen LogP contribution in [-0.2, 0) is 31.8 Å². The summed E-state index contributed by atoms with van der Waals surface area (Å²) >= 11 is 2.10. The van der Waals surface area contributed by atoms with Crippen LogP contribution < -0.4 is 5.32 Å². The van der Waals surface area contributed by atoms with Crippen molar-refractivity contribution in [2.75, 3.05) is 13.2 Å². The molecule has 8 heteroatoms. The molecule has 1 fully saturated rings. The van der Waals surface area contributed by atoms with Crippen molar-refractivity contribution in [3.8, 4) is 0 Å². The third kappa shape index (κ3) is 4.44. The van der Waals surface area contributed by atoms with Crippen molar-refractivity contribution in [1.29, 1.82) is 0 Å². The van der Waals surface area contributed by atoms with Crippen LogP contribution in [-0.4, -0.2) is 54.2 Å². The molecule has 0 unspecified atom stereocenters. The van der Waals surface area contributed by atoms with E-state index in [4.69, 9.17) is 19.3 Å². The van der Waals surface area contributed by atoms with Gasteiger partial charge in [-0.25, -0.2) is 4.79 Å². The molecule has 1 saturated heterocycles. The number of amides is 1. The molecule has 2 aliphatic carbocycles. The zero-order chi connectivity index (χ0) is 23.0. The van der Waals surface area contributed by atoms with Crippen molar-refractivity contribution in [3.05, 3.63) is 80.4 Å². The maximum Gasteiger partial charge on any atom is 0.339 e. The van der Waals surface area contributed by atoms with Gasteiger partial charge in [0.1, 0.15) is 18.3 Å². The second kappa shape index (κ2) is 9.17. The largest absolute Gasteiger partial charge is 0.455 e. The number of rotatable bonds is 5. The minimum Gasteiger partial charge on any atom is -0.455 e. The van der Waals surface area contributed by atoms with Crippen LogP contribution in [0.2, 0.25) is 0 Å². The van der Waals surface area contributed by atoms with E-state index in [1.165, 1.54) is 11.1 Å². The Hall–Kier alpha value is -2.27. The van der Waals surface area contributed by atoms with Gasteiger partial charge in [0.15, 0.2) is 5.79 Å². The predicted octanol–water partition coefficient (Wildman–Crippen LogP) is 2.53. The Morgan fingerprint density at radius 1 is 1.09 bits per heavy atom. The average molecular weight is 561 g/mol. The summed E-state index contributed by atoms with van der Waals surface area (Å²) < 4.78 is 19.6. The Morgan fingerprint density at radius 2 is 1.79 bits per heavy atom. The maximum atomic E-state index is 13.0. The molecule has 0 radical (unpaired) electrons. The van der Waals surface area contributed by atoms with Crippen LogP contribution in [0.25, 0.3) is 0 Å². The summed E-state index contributed by atoms with van der Waals surface area (Å²) in [4.78, 5) is 25.6. The lowest BCUT2D eigenvalue weighted by Crippen LogP contribution is -2.44. The van der Waals surface area contributed by atoms with Gasteiger partial charge in [0.05, 0.1) is 12.2 Å². The van der Waals surface area contributed by atoms with Gasteiger partial charge in [0.25, 0.3) is 0 Å². The number of carbonyl (C=O) groups excluding carboxylic acids is 2. The molecule has 7 nitrogen and oxygen atoms in total. The zero-order valence-corrected chi connectivity index (χ0v) is 20.0. The summed E-state index contributed by atoms with van der Waals surface area (Å²) in [5, 5.41) is 11.7. The standard InChI is InChI=1S/C25H24INO6/c26-19-8-4-3-7-18(19)24(30)31-20-11-17(23(29)27-9-10-28)12-21-22(20)33-25(32-21)13-15-5-1-2-6-16(15)14-25/h1-8,12,20-22,28H,9-11,13-14H2,(H,27,29)/t20-,21-,22+/m1/s1. The molecule has 1 spiro atoms. The van der Waals surface area contributed by atoms with E-state index in [1.807, 2.05) is 24.3 Å². The van der Waals surface area contributed by atoms with Crippen molar-refractivity contribution in [2.24, 2.45) is 0 Å². The highest BCUT2D eigenvalue weighted by Gasteiger charge is 2.55. The number of carbonyl (C=O) groups is 2. The van der Waals surface area contributed by atoms with Crippen LogP contribution in [0.1, 0.15) is 27.9 Å². The zero-order valence-electron chi connectivity index (χ0n) is 17.8. The Kier molecular flexibility index (Phi) is 6.26. The molecule has 2 aromatic rings. The van der Waals surface area contributed by atoms with E-state index >= 15 is 0 Å². The number of fused-ring (bicyclic) bond motifs is 2. The smallest absolute Gasteiger partial charge is 0.339 e. The monoisotopic (exact) mass is 561 g/mol. The molecule has 1 amide bonds. The molecule has 1 aliphatic heterocycles. The molecule has 172 valence electrons. The van der Waals surface area contributed by atoms with Crippen LogP contribution >= 0.6 is 22.6 Å². The first-order valence-electron chi connectivity index (χ1n) is 11.0. The van der Waals surface area contributed by atoms with Crippen LogP contribution in [0, 0.1) is 3.57 Å². The van der Waals surface area contributed by atoms with E-state index in [2.05, 4.69) is 40.0 Å². The molecule has 1 heterocycles. The lowest BCUT2D eigenvalue weighted by molar-refractivity contribution is -0.172. The van der Waals surface area contributed by atoms with Crippen LogP contribution in [0.4, 0.5) is 0 Å². The molecule has 2 N–H and O–H groups in total. The molecular weight excluding hydrogens is 537 g/mol. The van der Waals surface area contributed by atoms with Gasteiger partial charge in [-0.2, -0.15) is 0 Å². The lowest BCUT2D eigenvalue weighted by atomic mass is 9.91. The van der Waals surface area contributed by atoms with E-state index in [0.29, 0.717) is 24.0 Å². The number of aliphatic hydroxyl groups excluding tert-OH is 1. The second-order valence-electron chi connectivity index (χ2n) is 8.50. The van der Waals surface area contributed by atoms with E-state index in [0.717, 1.165) is 3.57 Å². The highest BCUT2D eigenvalue weighted by Crippen LogP contribution is 2.45. The topological polar surface area (TPSA) is 94.1 Å². The van der Waals surface area contributed by atoms with Gasteiger partial charge in [0, 0.05) is 35.0 Å². The molecule has 3 aliphatic rings. The van der Waals surface area contributed by atoms with Crippen LogP contribution in [0.3, 0.4) is 0 Å². The van der Waals surface area contributed by atoms with Crippen molar-refractivity contribution in [3.63, 3.8) is 0 Å². The van der Waals surface area contributed by atoms with Crippen molar-refractivity contribution >= 4 is 34.5 Å². The van der Waals surface area contributed by atoms with Crippen molar-refractivity contribution < 1.29 is 28.9 Å². The molecule has 3 atom stereocenters. The molecule has 33 heavy (non-hydrogen) atoms. The number of hydrogen-bond acceptors (Lipinski definition) is 6. The first kappa shape index (κ1) is 22.5. The quantitative estimate of drug-likeness (QED) is 0.431. The summed E-state index contributed by atoms with van der Waals surface area (Å²) in [6, 6.07) is 15.3. The summed E-state index contributed by atoms with van der Waals surface area (Å²) in [6.45, 7) is -0.00947. The molecule has 0 saturated carbocycles. The minimum absolute atomic E-state index is 0.146. The fourth-order valence-corrected chi connectivity index (χ4v) is 5.38. The number of benzene rings is 2. The van der Waals surface area contributed by atoms with Gasteiger partial charge in [-0.15, -0.1) is 0 Å². The molecule has 5 rings (SSSR count). The summed E-state index contributed by atoms with van der Waals surface area (Å²) in [6.07, 6.45) is 1.47. The normalized spacial score (nSPS) is 24.7. The van der Waals surface area contributed by atoms with Crippen LogP contribution in [0.5, 0.6) is 0 Å². The highest BCUT2D eigenvalue weighted by atomic mass is 127. The van der Waals surface area contributed by atoms with E-state index in [9.17, 15) is 9.59 Å². The fourth-order valence-electron chi connectivity index (χ4n) is 4.77. The third-order valence-corrected chi connectivity index (χ3v) is 7.20. The number of hydrogen-bond donors (Lipinski definition) is 2. The SMILES string of the molecule is O=C(NCCO)C1=C[C@H]2OC3(Cc4ccccc4C3)O[C@H]2[C@H](OC(=O)c2ccccc2I)C1. The number of nitrogens with one attached hydrogen (secondary N) is 1. The van der Waals surface area contributed by atoms with Gasteiger partial charge < -0.3 is 24.6 Å². The Labute approximate surface area is 205 Å². The molecule has 0 aromatic heterocycles. The van der Waals surface area contributed by atoms with Crippen molar-refractivity contribution in [2.45, 2.75) is 43.4 Å². The average Bonchev–Trinajstić information content (AvgIpc) is 3.35. The van der Waals surface area contributed by atoms with E-state index in [1.54, 1.807) is 18.2 Å². The first-order valence-corrected chi connectivity index (χ1v) is 12.0. The Balaban J connectivity index is 1.41. The van der Waals surface area contributed by atoms with Gasteiger partial charge in [-0.05, 0) is 51.9 Å². The van der Waals surface area contributed by atoms with E-state index < -0.39 is 30.1 Å². The number of halogens is 1. The summed E-state index contributed by atoms with van der Waals surface area (Å²) in [5.41, 5.74) is 3.28. The molecule has 2 aromatic carbocycles. The minimum atomic E-state index is -0.835. The molecular formula is C25H24INO6. The summed E-state index contributed by atoms with van der Waals surface area (Å²) in [7, 11) is 0. The van der Waals surface area contributed by atoms with Gasteiger partial charge in [0.2, 0.25) is 5.91 Å². The van der Waals surface area contributed by atoms with Gasteiger partial charge >= 0.3 is 5.97 Å². The summed E-state index contributed by atoms with van der Waals surface area (Å²) in [5.74, 6) is -1.60. The van der Waals surface area contributed by atoms with Gasteiger partial charge in [-0.1, -0.05) is 36.4 Å². The van der Waals surface area contributed by atoms with E-state index in [-0.39, 0.29) is 25.5 Å². The maximum absolute atomic E-state index is 13.0. The Morgan fingerprint density at radius 3 is 2.48 bits per heavy atom. The molecule has 0 bridgehead atoms. The predicted molar refractivity (Wildman–Crippen MR) is 127 cm³/mol. The number of ether oxygens (including phenoxy) is 3. The number of esters is 1. The Bertz CT molecular complexity index is 1090.